The van der Waals surface area contributed by atoms with Crippen molar-refractivity contribution in [1.29, 1.82) is 0 Å². The Morgan fingerprint density at radius 3 is 3.31 bits per heavy atom. The third-order valence-corrected chi connectivity index (χ3v) is 4.87. The Hall–Kier alpha value is -0.450. The molecule has 0 bridgehead atoms. The summed E-state index contributed by atoms with van der Waals surface area (Å²) < 4.78 is 0. The fourth-order valence-electron chi connectivity index (χ4n) is 2.95. The van der Waals surface area contributed by atoms with E-state index < -0.39 is 0 Å². The number of rotatable bonds is 2. The Labute approximate surface area is 101 Å². The fourth-order valence-corrected chi connectivity index (χ4v) is 3.77. The van der Waals surface area contributed by atoms with Crippen molar-refractivity contribution in [3.63, 3.8) is 0 Å². The first-order valence-corrected chi connectivity index (χ1v) is 7.05. The molecule has 3 nitrogen and oxygen atoms in total. The molecule has 1 aromatic heterocycles. The zero-order valence-electron chi connectivity index (χ0n) is 9.78. The van der Waals surface area contributed by atoms with E-state index in [2.05, 4.69) is 22.1 Å². The van der Waals surface area contributed by atoms with Gasteiger partial charge in [0.15, 0.2) is 0 Å². The number of hydrogen-bond donors (Lipinski definition) is 1. The van der Waals surface area contributed by atoms with Crippen LogP contribution >= 0.6 is 11.3 Å². The van der Waals surface area contributed by atoms with E-state index in [0.717, 1.165) is 18.5 Å². The molecule has 2 saturated heterocycles. The number of nitrogens with zero attached hydrogens (tertiary/aromatic N) is 2. The molecule has 2 atom stereocenters. The highest BCUT2D eigenvalue weighted by Crippen LogP contribution is 2.26. The highest BCUT2D eigenvalue weighted by atomic mass is 32.1. The van der Waals surface area contributed by atoms with Crippen molar-refractivity contribution in [1.82, 2.24) is 15.2 Å². The van der Waals surface area contributed by atoms with Gasteiger partial charge in [-0.1, -0.05) is 0 Å². The zero-order chi connectivity index (χ0) is 11.0. The maximum Gasteiger partial charge on any atom is 0.0798 e. The smallest absolute Gasteiger partial charge is 0.0798 e. The monoisotopic (exact) mass is 237 g/mol. The van der Waals surface area contributed by atoms with Crippen LogP contribution in [0.4, 0.5) is 0 Å². The molecule has 0 radical (unpaired) electrons. The van der Waals surface area contributed by atoms with E-state index in [1.54, 1.807) is 11.3 Å². The van der Waals surface area contributed by atoms with Gasteiger partial charge in [-0.3, -0.25) is 4.90 Å². The minimum absolute atomic E-state index is 0.804. The second-order valence-electron chi connectivity index (χ2n) is 4.99. The summed E-state index contributed by atoms with van der Waals surface area (Å²) in [5.41, 5.74) is 3.19. The predicted molar refractivity (Wildman–Crippen MR) is 66.6 cm³/mol. The van der Waals surface area contributed by atoms with Crippen LogP contribution in [0.2, 0.25) is 0 Å². The summed E-state index contributed by atoms with van der Waals surface area (Å²) in [6.45, 7) is 6.97. The van der Waals surface area contributed by atoms with Gasteiger partial charge >= 0.3 is 0 Å². The van der Waals surface area contributed by atoms with Crippen molar-refractivity contribution in [3.8, 4) is 0 Å². The van der Waals surface area contributed by atoms with Gasteiger partial charge in [0.1, 0.15) is 0 Å². The number of thiazole rings is 1. The summed E-state index contributed by atoms with van der Waals surface area (Å²) in [7, 11) is 0. The first-order valence-electron chi connectivity index (χ1n) is 6.17. The Morgan fingerprint density at radius 1 is 1.56 bits per heavy atom. The lowest BCUT2D eigenvalue weighted by Crippen LogP contribution is -2.43. The van der Waals surface area contributed by atoms with E-state index in [0.29, 0.717) is 0 Å². The summed E-state index contributed by atoms with van der Waals surface area (Å²) in [5.74, 6) is 0.891. The van der Waals surface area contributed by atoms with E-state index in [1.807, 2.05) is 5.51 Å². The molecule has 2 fully saturated rings. The molecule has 1 N–H and O–H groups in total. The first kappa shape index (κ1) is 10.7. The molecule has 2 unspecified atom stereocenters. The van der Waals surface area contributed by atoms with Gasteiger partial charge in [-0.2, -0.15) is 0 Å². The largest absolute Gasteiger partial charge is 0.314 e. The maximum atomic E-state index is 4.33. The molecule has 3 heterocycles. The van der Waals surface area contributed by atoms with Crippen molar-refractivity contribution >= 4 is 11.3 Å². The highest BCUT2D eigenvalue weighted by molar-refractivity contribution is 7.09. The van der Waals surface area contributed by atoms with Crippen molar-refractivity contribution in [2.45, 2.75) is 32.4 Å². The molecule has 3 rings (SSSR count). The predicted octanol–water partition coefficient (Wildman–Crippen LogP) is 1.64. The summed E-state index contributed by atoms with van der Waals surface area (Å²) in [5, 5.41) is 3.61. The molecular formula is C12H19N3S. The van der Waals surface area contributed by atoms with Crippen LogP contribution in [0.5, 0.6) is 0 Å². The summed E-state index contributed by atoms with van der Waals surface area (Å²) in [4.78, 5) is 8.38. The molecule has 2 aliphatic rings. The van der Waals surface area contributed by atoms with E-state index in [4.69, 9.17) is 0 Å². The van der Waals surface area contributed by atoms with Crippen molar-refractivity contribution < 1.29 is 0 Å². The Bertz CT molecular complexity index is 363. The lowest BCUT2D eigenvalue weighted by Gasteiger charge is -2.34. The topological polar surface area (TPSA) is 28.2 Å². The molecule has 0 saturated carbocycles. The Morgan fingerprint density at radius 2 is 2.50 bits per heavy atom. The highest BCUT2D eigenvalue weighted by Gasteiger charge is 2.32. The molecule has 88 valence electrons. The molecule has 1 aromatic rings. The fraction of sp³-hybridized carbons (Fsp3) is 0.750. The van der Waals surface area contributed by atoms with Crippen LogP contribution in [0, 0.1) is 12.8 Å². The lowest BCUT2D eigenvalue weighted by atomic mass is 9.93. The molecule has 0 aliphatic carbocycles. The minimum atomic E-state index is 0.804. The van der Waals surface area contributed by atoms with Crippen LogP contribution in [0.3, 0.4) is 0 Å². The molecule has 0 aromatic carbocycles. The third kappa shape index (κ3) is 2.01. The number of aromatic nitrogens is 1. The maximum absolute atomic E-state index is 4.33. The van der Waals surface area contributed by atoms with Crippen LogP contribution < -0.4 is 5.32 Å². The van der Waals surface area contributed by atoms with E-state index >= 15 is 0 Å². The SMILES string of the molecule is Cc1ncsc1CN1CCC2NCCC2C1. The second kappa shape index (κ2) is 4.43. The number of hydrogen-bond acceptors (Lipinski definition) is 4. The van der Waals surface area contributed by atoms with Crippen LogP contribution in [0.25, 0.3) is 0 Å². The first-order chi connectivity index (χ1) is 7.83. The summed E-state index contributed by atoms with van der Waals surface area (Å²) in [6.07, 6.45) is 2.69. The Kier molecular flexibility index (Phi) is 2.96. The molecule has 2 aliphatic heterocycles. The third-order valence-electron chi connectivity index (χ3n) is 3.95. The quantitative estimate of drug-likeness (QED) is 0.847. The molecular weight excluding hydrogens is 218 g/mol. The van der Waals surface area contributed by atoms with Crippen LogP contribution in [-0.4, -0.2) is 35.6 Å². The van der Waals surface area contributed by atoms with Crippen molar-refractivity contribution in [2.24, 2.45) is 5.92 Å². The van der Waals surface area contributed by atoms with Gasteiger partial charge < -0.3 is 5.32 Å². The molecule has 4 heteroatoms. The standard InChI is InChI=1S/C12H19N3S/c1-9-12(16-8-14-9)7-15-5-3-11-10(6-15)2-4-13-11/h8,10-11,13H,2-7H2,1H3. The lowest BCUT2D eigenvalue weighted by molar-refractivity contribution is 0.157. The van der Waals surface area contributed by atoms with Crippen molar-refractivity contribution in [3.05, 3.63) is 16.1 Å². The summed E-state index contributed by atoms with van der Waals surface area (Å²) >= 11 is 1.80. The number of aryl methyl sites for hydroxylation is 1. The van der Waals surface area contributed by atoms with Gasteiger partial charge in [0.25, 0.3) is 0 Å². The Balaban J connectivity index is 1.62. The normalized spacial score (nSPS) is 30.6. The number of fused-ring (bicyclic) bond motifs is 1. The van der Waals surface area contributed by atoms with Gasteiger partial charge in [0.2, 0.25) is 0 Å². The van der Waals surface area contributed by atoms with Gasteiger partial charge in [0, 0.05) is 30.6 Å². The van der Waals surface area contributed by atoms with E-state index in [-0.39, 0.29) is 0 Å². The number of likely N-dealkylation sites (tertiary alicyclic amines) is 1. The van der Waals surface area contributed by atoms with Gasteiger partial charge in [-0.15, -0.1) is 11.3 Å². The van der Waals surface area contributed by atoms with Gasteiger partial charge in [-0.25, -0.2) is 4.98 Å². The van der Waals surface area contributed by atoms with Crippen LogP contribution in [0.15, 0.2) is 5.51 Å². The average molecular weight is 237 g/mol. The van der Waals surface area contributed by atoms with Gasteiger partial charge in [-0.05, 0) is 32.2 Å². The van der Waals surface area contributed by atoms with Crippen LogP contribution in [0.1, 0.15) is 23.4 Å². The zero-order valence-corrected chi connectivity index (χ0v) is 10.6. The number of nitrogens with one attached hydrogen (secondary N) is 1. The van der Waals surface area contributed by atoms with E-state index in [1.165, 1.54) is 43.0 Å². The second-order valence-corrected chi connectivity index (χ2v) is 5.93. The summed E-state index contributed by atoms with van der Waals surface area (Å²) in [6, 6.07) is 0.804. The average Bonchev–Trinajstić information content (AvgIpc) is 2.88. The molecule has 0 amide bonds. The molecule has 16 heavy (non-hydrogen) atoms. The van der Waals surface area contributed by atoms with Crippen molar-refractivity contribution in [2.75, 3.05) is 19.6 Å². The van der Waals surface area contributed by atoms with Gasteiger partial charge in [0.05, 0.1) is 11.2 Å². The minimum Gasteiger partial charge on any atom is -0.314 e. The van der Waals surface area contributed by atoms with Crippen LogP contribution in [-0.2, 0) is 6.54 Å². The number of piperidine rings is 1. The van der Waals surface area contributed by atoms with E-state index in [9.17, 15) is 0 Å². The molecule has 0 spiro atoms.